The van der Waals surface area contributed by atoms with Crippen molar-refractivity contribution in [2.75, 3.05) is 13.1 Å². The smallest absolute Gasteiger partial charge is 0.255 e. The van der Waals surface area contributed by atoms with Crippen LogP contribution in [0.15, 0.2) is 30.3 Å². The lowest BCUT2D eigenvalue weighted by Crippen LogP contribution is -2.45. The van der Waals surface area contributed by atoms with E-state index in [2.05, 4.69) is 30.5 Å². The first-order valence-corrected chi connectivity index (χ1v) is 8.29. The first kappa shape index (κ1) is 18.6. The molecule has 130 valence electrons. The number of aromatic nitrogens is 1. The van der Waals surface area contributed by atoms with Gasteiger partial charge in [-0.1, -0.05) is 18.2 Å². The van der Waals surface area contributed by atoms with Gasteiger partial charge in [0.15, 0.2) is 0 Å². The third kappa shape index (κ3) is 3.35. The number of rotatable bonds is 2. The van der Waals surface area contributed by atoms with Crippen molar-refractivity contribution in [2.24, 2.45) is 5.73 Å². The lowest BCUT2D eigenvalue weighted by atomic mass is 10.1. The fourth-order valence-electron chi connectivity index (χ4n) is 3.53. The van der Waals surface area contributed by atoms with Gasteiger partial charge in [-0.05, 0) is 51.3 Å². The third-order valence-corrected chi connectivity index (χ3v) is 4.76. The molecule has 1 aromatic carbocycles. The van der Waals surface area contributed by atoms with Gasteiger partial charge in [0.1, 0.15) is 0 Å². The van der Waals surface area contributed by atoms with Crippen LogP contribution < -0.4 is 5.73 Å². The Morgan fingerprint density at radius 2 is 1.92 bits per heavy atom. The molecule has 2 heterocycles. The van der Waals surface area contributed by atoms with Crippen molar-refractivity contribution in [1.82, 2.24) is 9.47 Å². The maximum atomic E-state index is 12.9. The SMILES string of the molecule is Cc1ccccc1-n1c(C)cc(C(=O)N2CCCC(N)C2)c1C.Cl. The average Bonchev–Trinajstić information content (AvgIpc) is 2.82. The molecule has 0 aliphatic carbocycles. The van der Waals surface area contributed by atoms with Gasteiger partial charge in [-0.15, -0.1) is 12.4 Å². The van der Waals surface area contributed by atoms with E-state index in [9.17, 15) is 4.79 Å². The molecule has 1 aliphatic rings. The highest BCUT2D eigenvalue weighted by molar-refractivity contribution is 5.96. The lowest BCUT2D eigenvalue weighted by Gasteiger charge is -2.30. The number of amides is 1. The second-order valence-corrected chi connectivity index (χ2v) is 6.56. The summed E-state index contributed by atoms with van der Waals surface area (Å²) in [7, 11) is 0. The van der Waals surface area contributed by atoms with Crippen molar-refractivity contribution in [1.29, 1.82) is 0 Å². The quantitative estimate of drug-likeness (QED) is 0.905. The molecule has 3 rings (SSSR count). The number of nitrogens with zero attached hydrogens (tertiary/aromatic N) is 2. The number of nitrogens with two attached hydrogens (primary N) is 1. The predicted molar refractivity (Wildman–Crippen MR) is 100 cm³/mol. The summed E-state index contributed by atoms with van der Waals surface area (Å²) < 4.78 is 2.17. The number of carbonyl (C=O) groups is 1. The molecule has 1 unspecified atom stereocenters. The van der Waals surface area contributed by atoms with Crippen LogP contribution in [0.3, 0.4) is 0 Å². The van der Waals surface area contributed by atoms with Crippen LogP contribution in [0.5, 0.6) is 0 Å². The van der Waals surface area contributed by atoms with E-state index in [-0.39, 0.29) is 24.4 Å². The van der Waals surface area contributed by atoms with Gasteiger partial charge in [-0.25, -0.2) is 0 Å². The molecule has 0 saturated carbocycles. The number of hydrogen-bond donors (Lipinski definition) is 1. The summed E-state index contributed by atoms with van der Waals surface area (Å²) in [6.07, 6.45) is 2.00. The Morgan fingerprint density at radius 3 is 2.58 bits per heavy atom. The van der Waals surface area contributed by atoms with Crippen molar-refractivity contribution < 1.29 is 4.79 Å². The molecule has 0 bridgehead atoms. The minimum Gasteiger partial charge on any atom is -0.337 e. The molecule has 5 heteroatoms. The topological polar surface area (TPSA) is 51.3 Å². The normalized spacial score (nSPS) is 17.5. The van der Waals surface area contributed by atoms with Crippen molar-refractivity contribution >= 4 is 18.3 Å². The Labute approximate surface area is 150 Å². The molecule has 1 aromatic heterocycles. The molecule has 1 atom stereocenters. The van der Waals surface area contributed by atoms with Crippen molar-refractivity contribution in [3.05, 3.63) is 52.8 Å². The molecule has 2 aromatic rings. The molecule has 0 spiro atoms. The number of hydrogen-bond acceptors (Lipinski definition) is 2. The van der Waals surface area contributed by atoms with Gasteiger partial charge >= 0.3 is 0 Å². The van der Waals surface area contributed by atoms with Crippen LogP contribution in [-0.4, -0.2) is 34.5 Å². The number of aryl methyl sites for hydroxylation is 2. The van der Waals surface area contributed by atoms with Crippen LogP contribution in [0.2, 0.25) is 0 Å². The van der Waals surface area contributed by atoms with Gasteiger partial charge in [-0.3, -0.25) is 4.79 Å². The fourth-order valence-corrected chi connectivity index (χ4v) is 3.53. The Hall–Kier alpha value is -1.78. The molecule has 2 N–H and O–H groups in total. The van der Waals surface area contributed by atoms with Crippen molar-refractivity contribution in [3.63, 3.8) is 0 Å². The highest BCUT2D eigenvalue weighted by atomic mass is 35.5. The van der Waals surface area contributed by atoms with E-state index in [4.69, 9.17) is 5.73 Å². The predicted octanol–water partition coefficient (Wildman–Crippen LogP) is 3.39. The van der Waals surface area contributed by atoms with Gasteiger partial charge in [0.05, 0.1) is 5.56 Å². The van der Waals surface area contributed by atoms with Gasteiger partial charge in [0.2, 0.25) is 0 Å². The number of para-hydroxylation sites is 1. The molecular formula is C19H26ClN3O. The summed E-state index contributed by atoms with van der Waals surface area (Å²) in [6, 6.07) is 10.4. The number of likely N-dealkylation sites (tertiary alicyclic amines) is 1. The number of carbonyl (C=O) groups excluding carboxylic acids is 1. The van der Waals surface area contributed by atoms with Gasteiger partial charge in [-0.2, -0.15) is 0 Å². The Morgan fingerprint density at radius 1 is 1.21 bits per heavy atom. The number of halogens is 1. The van der Waals surface area contributed by atoms with Crippen LogP contribution in [0.4, 0.5) is 0 Å². The first-order valence-electron chi connectivity index (χ1n) is 8.29. The highest BCUT2D eigenvalue weighted by Crippen LogP contribution is 2.25. The Balaban J connectivity index is 0.00000208. The van der Waals surface area contributed by atoms with Crippen molar-refractivity contribution in [2.45, 2.75) is 39.7 Å². The monoisotopic (exact) mass is 347 g/mol. The second kappa shape index (κ2) is 7.41. The Kier molecular flexibility index (Phi) is 5.73. The summed E-state index contributed by atoms with van der Waals surface area (Å²) >= 11 is 0. The lowest BCUT2D eigenvalue weighted by molar-refractivity contribution is 0.0708. The van der Waals surface area contributed by atoms with E-state index in [0.717, 1.165) is 42.0 Å². The summed E-state index contributed by atoms with van der Waals surface area (Å²) in [6.45, 7) is 7.64. The zero-order chi connectivity index (χ0) is 16.6. The van der Waals surface area contributed by atoms with E-state index < -0.39 is 0 Å². The zero-order valence-corrected chi connectivity index (χ0v) is 15.4. The summed E-state index contributed by atoms with van der Waals surface area (Å²) in [5.74, 6) is 0.105. The van der Waals surface area contributed by atoms with Gasteiger partial charge in [0, 0.05) is 36.2 Å². The minimum absolute atomic E-state index is 0. The number of piperidine rings is 1. The van der Waals surface area contributed by atoms with Crippen LogP contribution in [0.1, 0.15) is 40.2 Å². The van der Waals surface area contributed by atoms with Crippen LogP contribution in [0, 0.1) is 20.8 Å². The highest BCUT2D eigenvalue weighted by Gasteiger charge is 2.25. The van der Waals surface area contributed by atoms with Gasteiger partial charge in [0.25, 0.3) is 5.91 Å². The zero-order valence-electron chi connectivity index (χ0n) is 14.6. The average molecular weight is 348 g/mol. The van der Waals surface area contributed by atoms with E-state index in [1.807, 2.05) is 30.0 Å². The first-order chi connectivity index (χ1) is 11.0. The molecule has 24 heavy (non-hydrogen) atoms. The third-order valence-electron chi connectivity index (χ3n) is 4.76. The summed E-state index contributed by atoms with van der Waals surface area (Å²) in [5.41, 5.74) is 11.2. The molecule has 4 nitrogen and oxygen atoms in total. The Bertz CT molecular complexity index is 738. The fraction of sp³-hybridized carbons (Fsp3) is 0.421. The molecule has 1 saturated heterocycles. The van der Waals surface area contributed by atoms with Crippen molar-refractivity contribution in [3.8, 4) is 5.69 Å². The standard InChI is InChI=1S/C19H25N3O.ClH/c1-13-7-4-5-9-18(13)22-14(2)11-17(15(22)3)19(23)21-10-6-8-16(20)12-21;/h4-5,7,9,11,16H,6,8,10,12,20H2,1-3H3;1H. The van der Waals surface area contributed by atoms with Crippen LogP contribution in [-0.2, 0) is 0 Å². The maximum absolute atomic E-state index is 12.9. The van der Waals surface area contributed by atoms with E-state index in [1.54, 1.807) is 0 Å². The number of benzene rings is 1. The van der Waals surface area contributed by atoms with Gasteiger partial charge < -0.3 is 15.2 Å². The summed E-state index contributed by atoms with van der Waals surface area (Å²) in [4.78, 5) is 14.8. The van der Waals surface area contributed by atoms with E-state index in [1.165, 1.54) is 5.56 Å². The van der Waals surface area contributed by atoms with Crippen LogP contribution in [0.25, 0.3) is 5.69 Å². The molecule has 1 aliphatic heterocycles. The molecular weight excluding hydrogens is 322 g/mol. The largest absolute Gasteiger partial charge is 0.337 e. The minimum atomic E-state index is 0. The maximum Gasteiger partial charge on any atom is 0.255 e. The second-order valence-electron chi connectivity index (χ2n) is 6.56. The van der Waals surface area contributed by atoms with Crippen LogP contribution >= 0.6 is 12.4 Å². The molecule has 0 radical (unpaired) electrons. The summed E-state index contributed by atoms with van der Waals surface area (Å²) in [5, 5.41) is 0. The molecule has 1 amide bonds. The van der Waals surface area contributed by atoms with E-state index >= 15 is 0 Å². The molecule has 1 fully saturated rings. The van der Waals surface area contributed by atoms with E-state index in [0.29, 0.717) is 6.54 Å².